The Bertz CT molecular complexity index is 1270. The number of unbranched alkanes of at least 4 members (excludes halogenated alkanes) is 40. The maximum atomic E-state index is 12.9. The minimum Gasteiger partial charge on any atom is -0.462 e. The van der Waals surface area contributed by atoms with Gasteiger partial charge in [0.15, 0.2) is 6.10 Å². The first-order chi connectivity index (χ1) is 36.0. The van der Waals surface area contributed by atoms with Crippen molar-refractivity contribution in [1.29, 1.82) is 0 Å². The Kier molecular flexibility index (Phi) is 59.7. The van der Waals surface area contributed by atoms with Crippen LogP contribution in [0.25, 0.3) is 0 Å². The first-order valence-corrected chi connectivity index (χ1v) is 32.1. The number of esters is 3. The van der Waals surface area contributed by atoms with E-state index in [2.05, 4.69) is 69.4 Å². The minimum atomic E-state index is -0.778. The van der Waals surface area contributed by atoms with Crippen LogP contribution in [0.4, 0.5) is 0 Å². The average molecular weight is 1020 g/mol. The zero-order chi connectivity index (χ0) is 52.9. The molecule has 0 heterocycles. The summed E-state index contributed by atoms with van der Waals surface area (Å²) in [5, 5.41) is 0. The second kappa shape index (κ2) is 61.9. The Morgan fingerprint density at radius 2 is 0.493 bits per heavy atom. The van der Waals surface area contributed by atoms with Gasteiger partial charge in [0.2, 0.25) is 0 Å². The standard InChI is InChI=1S/C67H122O6/c1-4-7-10-13-16-19-22-24-26-28-30-32-33-35-36-38-40-42-45-48-51-54-57-60-66(69)72-63-64(62-71-65(68)59-56-53-50-47-44-21-18-15-12-9-6-3)73-67(70)61-58-55-52-49-46-43-41-39-37-34-31-29-27-25-23-20-17-14-11-8-5-2/h23,25,28-31,37,39,64H,4-22,24,26-27,32-36,38,40-63H2,1-3H3/b25-23-,30-28-,31-29-,39-37-. The molecule has 1 atom stereocenters. The van der Waals surface area contributed by atoms with Crippen LogP contribution in [-0.2, 0) is 28.6 Å². The second-order valence-electron chi connectivity index (χ2n) is 21.7. The quantitative estimate of drug-likeness (QED) is 0.0261. The molecule has 426 valence electrons. The van der Waals surface area contributed by atoms with E-state index in [1.807, 2.05) is 0 Å². The van der Waals surface area contributed by atoms with E-state index in [0.717, 1.165) is 77.0 Å². The van der Waals surface area contributed by atoms with Crippen LogP contribution in [0.1, 0.15) is 342 Å². The number of carbonyl (C=O) groups is 3. The van der Waals surface area contributed by atoms with E-state index in [-0.39, 0.29) is 31.1 Å². The fraction of sp³-hybridized carbons (Fsp3) is 0.836. The van der Waals surface area contributed by atoms with Crippen LogP contribution in [0.15, 0.2) is 48.6 Å². The van der Waals surface area contributed by atoms with E-state index in [0.29, 0.717) is 19.3 Å². The maximum Gasteiger partial charge on any atom is 0.306 e. The summed E-state index contributed by atoms with van der Waals surface area (Å²) < 4.78 is 16.9. The van der Waals surface area contributed by atoms with Crippen LogP contribution in [0.2, 0.25) is 0 Å². The Balaban J connectivity index is 4.28. The van der Waals surface area contributed by atoms with Gasteiger partial charge < -0.3 is 14.2 Å². The third-order valence-corrected chi connectivity index (χ3v) is 14.3. The van der Waals surface area contributed by atoms with Gasteiger partial charge >= 0.3 is 17.9 Å². The lowest BCUT2D eigenvalue weighted by molar-refractivity contribution is -0.167. The lowest BCUT2D eigenvalue weighted by atomic mass is 10.0. The zero-order valence-electron chi connectivity index (χ0n) is 48.9. The van der Waals surface area contributed by atoms with Gasteiger partial charge in [-0.3, -0.25) is 14.4 Å². The molecule has 6 heteroatoms. The summed E-state index contributed by atoms with van der Waals surface area (Å²) in [6.07, 6.45) is 76.9. The summed E-state index contributed by atoms with van der Waals surface area (Å²) in [6.45, 7) is 6.66. The van der Waals surface area contributed by atoms with E-state index < -0.39 is 6.10 Å². The first-order valence-electron chi connectivity index (χ1n) is 32.1. The van der Waals surface area contributed by atoms with Crippen molar-refractivity contribution in [1.82, 2.24) is 0 Å². The van der Waals surface area contributed by atoms with Crippen molar-refractivity contribution < 1.29 is 28.6 Å². The molecule has 0 aromatic rings. The molecule has 6 nitrogen and oxygen atoms in total. The predicted molar refractivity (Wildman–Crippen MR) is 316 cm³/mol. The largest absolute Gasteiger partial charge is 0.462 e. The molecule has 0 aromatic heterocycles. The van der Waals surface area contributed by atoms with Crippen molar-refractivity contribution in [3.63, 3.8) is 0 Å². The molecule has 73 heavy (non-hydrogen) atoms. The lowest BCUT2D eigenvalue weighted by Crippen LogP contribution is -2.30. The van der Waals surface area contributed by atoms with Crippen LogP contribution >= 0.6 is 0 Å². The van der Waals surface area contributed by atoms with Crippen LogP contribution < -0.4 is 0 Å². The summed E-state index contributed by atoms with van der Waals surface area (Å²) in [6, 6.07) is 0. The maximum absolute atomic E-state index is 12.9. The monoisotopic (exact) mass is 1020 g/mol. The number of hydrogen-bond acceptors (Lipinski definition) is 6. The fourth-order valence-electron chi connectivity index (χ4n) is 9.45. The summed E-state index contributed by atoms with van der Waals surface area (Å²) in [4.78, 5) is 38.2. The Labute approximate surface area is 454 Å². The molecule has 0 spiro atoms. The topological polar surface area (TPSA) is 78.9 Å². The Hall–Kier alpha value is -2.63. The number of ether oxygens (including phenoxy) is 3. The van der Waals surface area contributed by atoms with Crippen LogP contribution in [0, 0.1) is 0 Å². The average Bonchev–Trinajstić information content (AvgIpc) is 3.39. The van der Waals surface area contributed by atoms with Crippen molar-refractivity contribution in [3.8, 4) is 0 Å². The lowest BCUT2D eigenvalue weighted by Gasteiger charge is -2.18. The highest BCUT2D eigenvalue weighted by atomic mass is 16.6. The van der Waals surface area contributed by atoms with Gasteiger partial charge in [-0.2, -0.15) is 0 Å². The molecule has 1 unspecified atom stereocenters. The summed E-state index contributed by atoms with van der Waals surface area (Å²) in [5.41, 5.74) is 0. The number of rotatable bonds is 59. The van der Waals surface area contributed by atoms with E-state index in [9.17, 15) is 14.4 Å². The van der Waals surface area contributed by atoms with Gasteiger partial charge in [-0.25, -0.2) is 0 Å². The normalized spacial score (nSPS) is 12.3. The Morgan fingerprint density at radius 3 is 0.781 bits per heavy atom. The molecule has 0 saturated heterocycles. The van der Waals surface area contributed by atoms with Crippen molar-refractivity contribution in [2.75, 3.05) is 13.2 Å². The molecule has 0 saturated carbocycles. The third-order valence-electron chi connectivity index (χ3n) is 14.3. The molecule has 0 amide bonds. The Morgan fingerprint density at radius 1 is 0.274 bits per heavy atom. The highest BCUT2D eigenvalue weighted by Gasteiger charge is 2.19. The van der Waals surface area contributed by atoms with Crippen LogP contribution in [0.5, 0.6) is 0 Å². The van der Waals surface area contributed by atoms with Crippen LogP contribution in [0.3, 0.4) is 0 Å². The highest BCUT2D eigenvalue weighted by Crippen LogP contribution is 2.17. The molecule has 0 bridgehead atoms. The number of allylic oxidation sites excluding steroid dienone is 8. The van der Waals surface area contributed by atoms with Gasteiger partial charge in [-0.1, -0.05) is 288 Å². The molecule has 0 aliphatic heterocycles. The van der Waals surface area contributed by atoms with Gasteiger partial charge in [-0.15, -0.1) is 0 Å². The minimum absolute atomic E-state index is 0.0753. The molecule has 0 aromatic carbocycles. The van der Waals surface area contributed by atoms with Gasteiger partial charge in [0, 0.05) is 19.3 Å². The van der Waals surface area contributed by atoms with Crippen molar-refractivity contribution in [3.05, 3.63) is 48.6 Å². The third kappa shape index (κ3) is 60.1. The molecule has 0 aliphatic carbocycles. The number of carbonyl (C=O) groups excluding carboxylic acids is 3. The first kappa shape index (κ1) is 70.4. The molecule has 0 fully saturated rings. The summed E-state index contributed by atoms with van der Waals surface area (Å²) in [5.74, 6) is -0.871. The van der Waals surface area contributed by atoms with Gasteiger partial charge in [0.1, 0.15) is 13.2 Å². The van der Waals surface area contributed by atoms with Gasteiger partial charge in [0.05, 0.1) is 0 Å². The van der Waals surface area contributed by atoms with Crippen molar-refractivity contribution in [2.45, 2.75) is 348 Å². The smallest absolute Gasteiger partial charge is 0.306 e. The predicted octanol–water partition coefficient (Wildman–Crippen LogP) is 21.8. The fourth-order valence-corrected chi connectivity index (χ4v) is 9.45. The molecule has 0 radical (unpaired) electrons. The zero-order valence-corrected chi connectivity index (χ0v) is 48.9. The highest BCUT2D eigenvalue weighted by molar-refractivity contribution is 5.71. The van der Waals surface area contributed by atoms with E-state index in [1.54, 1.807) is 0 Å². The molecule has 0 N–H and O–H groups in total. The van der Waals surface area contributed by atoms with E-state index >= 15 is 0 Å². The van der Waals surface area contributed by atoms with E-state index in [1.165, 1.54) is 225 Å². The summed E-state index contributed by atoms with van der Waals surface area (Å²) >= 11 is 0. The van der Waals surface area contributed by atoms with Crippen molar-refractivity contribution >= 4 is 17.9 Å². The van der Waals surface area contributed by atoms with E-state index in [4.69, 9.17) is 14.2 Å². The molecular formula is C67H122O6. The van der Waals surface area contributed by atoms with Gasteiger partial charge in [-0.05, 0) is 83.5 Å². The summed E-state index contributed by atoms with van der Waals surface area (Å²) in [7, 11) is 0. The SMILES string of the molecule is CCCCCCC/C=C\C/C=C\C/C=C\CCCCCCCCC(=O)OC(COC(=O)CCCCCCCCCCCCC)COC(=O)CCCCCCCCCCCCC/C=C\CCCCCCCCCC. The second-order valence-corrected chi connectivity index (χ2v) is 21.7. The number of hydrogen-bond donors (Lipinski definition) is 0. The molecule has 0 rings (SSSR count). The van der Waals surface area contributed by atoms with Gasteiger partial charge in [0.25, 0.3) is 0 Å². The van der Waals surface area contributed by atoms with Crippen LogP contribution in [-0.4, -0.2) is 37.2 Å². The van der Waals surface area contributed by atoms with Crippen molar-refractivity contribution in [2.24, 2.45) is 0 Å². The molecule has 0 aliphatic rings. The molecular weight excluding hydrogens is 901 g/mol.